The monoisotopic (exact) mass is 587 g/mol. The van der Waals surface area contributed by atoms with Gasteiger partial charge in [0.05, 0.1) is 23.4 Å². The minimum atomic E-state index is -0.368. The van der Waals surface area contributed by atoms with Gasteiger partial charge in [-0.1, -0.05) is 35.9 Å². The molecule has 1 aliphatic heterocycles. The molecule has 0 aliphatic carbocycles. The number of nitrogens with zero attached hydrogens (tertiary/aromatic N) is 5. The molecule has 42 heavy (non-hydrogen) atoms. The molecule has 1 fully saturated rings. The third-order valence-corrected chi connectivity index (χ3v) is 7.54. The van der Waals surface area contributed by atoms with Crippen LogP contribution in [-0.2, 0) is 11.3 Å². The first-order valence-electron chi connectivity index (χ1n) is 13.7. The number of rotatable bonds is 8. The van der Waals surface area contributed by atoms with Crippen LogP contribution in [0, 0.1) is 5.82 Å². The standard InChI is InChI=1S/C32H31ClFN5O3/c1-42-26-13-9-24(10-14-26)29-15-16-30(36-35-29)37-17-4-18-38(20-19-37)31(40)22-39(21-23-7-11-25(34)12-8-23)32(41)27-5-2-3-6-28(27)33/h2-3,5-16H,4,17-22H2,1H3. The molecule has 3 aromatic carbocycles. The zero-order valence-corrected chi connectivity index (χ0v) is 24.0. The Kier molecular flexibility index (Phi) is 9.28. The quantitative estimate of drug-likeness (QED) is 0.277. The molecule has 216 valence electrons. The fourth-order valence-corrected chi connectivity index (χ4v) is 5.10. The Morgan fingerprint density at radius 2 is 1.67 bits per heavy atom. The Morgan fingerprint density at radius 3 is 2.36 bits per heavy atom. The Hall–Kier alpha value is -4.50. The Morgan fingerprint density at radius 1 is 0.905 bits per heavy atom. The van der Waals surface area contributed by atoms with Crippen LogP contribution in [0.1, 0.15) is 22.3 Å². The lowest BCUT2D eigenvalue weighted by molar-refractivity contribution is -0.131. The Labute approximate surface area is 249 Å². The van der Waals surface area contributed by atoms with Crippen LogP contribution >= 0.6 is 11.6 Å². The number of carbonyl (C=O) groups excluding carboxylic acids is 2. The maximum atomic E-state index is 13.5. The van der Waals surface area contributed by atoms with Crippen molar-refractivity contribution in [1.82, 2.24) is 20.0 Å². The molecule has 0 saturated carbocycles. The summed E-state index contributed by atoms with van der Waals surface area (Å²) < 4.78 is 18.7. The average molecular weight is 588 g/mol. The van der Waals surface area contributed by atoms with Crippen molar-refractivity contribution in [2.24, 2.45) is 0 Å². The van der Waals surface area contributed by atoms with Gasteiger partial charge in [-0.05, 0) is 72.6 Å². The van der Waals surface area contributed by atoms with Crippen LogP contribution in [0.4, 0.5) is 10.2 Å². The van der Waals surface area contributed by atoms with E-state index < -0.39 is 0 Å². The molecule has 0 radical (unpaired) electrons. The van der Waals surface area contributed by atoms with E-state index in [1.165, 1.54) is 17.0 Å². The second kappa shape index (κ2) is 13.4. The Bertz CT molecular complexity index is 1520. The molecule has 0 N–H and O–H groups in total. The van der Waals surface area contributed by atoms with Crippen molar-refractivity contribution in [3.63, 3.8) is 0 Å². The van der Waals surface area contributed by atoms with Crippen molar-refractivity contribution < 1.29 is 18.7 Å². The van der Waals surface area contributed by atoms with Gasteiger partial charge in [-0.3, -0.25) is 9.59 Å². The van der Waals surface area contributed by atoms with Crippen LogP contribution < -0.4 is 9.64 Å². The van der Waals surface area contributed by atoms with Crippen molar-refractivity contribution in [3.05, 3.63) is 107 Å². The van der Waals surface area contributed by atoms with E-state index in [-0.39, 0.29) is 30.7 Å². The summed E-state index contributed by atoms with van der Waals surface area (Å²) in [5, 5.41) is 9.17. The lowest BCUT2D eigenvalue weighted by Crippen LogP contribution is -2.44. The molecular formula is C32H31ClFN5O3. The predicted molar refractivity (Wildman–Crippen MR) is 160 cm³/mol. The van der Waals surface area contributed by atoms with E-state index in [1.54, 1.807) is 48.4 Å². The second-order valence-electron chi connectivity index (χ2n) is 9.99. The molecule has 2 amide bonds. The lowest BCUT2D eigenvalue weighted by Gasteiger charge is -2.27. The maximum Gasteiger partial charge on any atom is 0.256 e. The summed E-state index contributed by atoms with van der Waals surface area (Å²) in [6.45, 7) is 2.35. The smallest absolute Gasteiger partial charge is 0.256 e. The van der Waals surface area contributed by atoms with E-state index in [1.807, 2.05) is 36.4 Å². The Balaban J connectivity index is 1.25. The SMILES string of the molecule is COc1ccc(-c2ccc(N3CCCN(C(=O)CN(Cc4ccc(F)cc4)C(=O)c4ccccc4Cl)CC3)nn2)cc1. The molecule has 0 bridgehead atoms. The molecule has 5 rings (SSSR count). The van der Waals surface area contributed by atoms with Crippen molar-refractivity contribution in [3.8, 4) is 17.0 Å². The van der Waals surface area contributed by atoms with Gasteiger partial charge in [-0.15, -0.1) is 10.2 Å². The van der Waals surface area contributed by atoms with Crippen LogP contribution in [-0.4, -0.2) is 71.6 Å². The van der Waals surface area contributed by atoms with Crippen molar-refractivity contribution >= 4 is 29.2 Å². The highest BCUT2D eigenvalue weighted by Crippen LogP contribution is 2.23. The van der Waals surface area contributed by atoms with Crippen LogP contribution in [0.3, 0.4) is 0 Å². The second-order valence-corrected chi connectivity index (χ2v) is 10.4. The predicted octanol–water partition coefficient (Wildman–Crippen LogP) is 5.33. The van der Waals surface area contributed by atoms with E-state index >= 15 is 0 Å². The normalized spacial score (nSPS) is 13.4. The van der Waals surface area contributed by atoms with Crippen LogP contribution in [0.2, 0.25) is 5.02 Å². The minimum absolute atomic E-state index is 0.127. The van der Waals surface area contributed by atoms with Crippen LogP contribution in [0.5, 0.6) is 5.75 Å². The number of methoxy groups -OCH3 is 1. The molecular weight excluding hydrogens is 557 g/mol. The molecule has 1 saturated heterocycles. The average Bonchev–Trinajstić information content (AvgIpc) is 3.28. The van der Waals surface area contributed by atoms with Gasteiger partial charge in [-0.2, -0.15) is 0 Å². The number of amides is 2. The molecule has 1 aliphatic rings. The van der Waals surface area contributed by atoms with Crippen molar-refractivity contribution in [2.75, 3.05) is 44.7 Å². The molecule has 1 aromatic heterocycles. The van der Waals surface area contributed by atoms with Gasteiger partial charge in [0.25, 0.3) is 5.91 Å². The van der Waals surface area contributed by atoms with E-state index in [9.17, 15) is 14.0 Å². The highest BCUT2D eigenvalue weighted by molar-refractivity contribution is 6.33. The van der Waals surface area contributed by atoms with E-state index in [4.69, 9.17) is 16.3 Å². The first-order valence-corrected chi connectivity index (χ1v) is 14.1. The third-order valence-electron chi connectivity index (χ3n) is 7.21. The largest absolute Gasteiger partial charge is 0.497 e. The van der Waals surface area contributed by atoms with Gasteiger partial charge >= 0.3 is 0 Å². The van der Waals surface area contributed by atoms with Gasteiger partial charge in [0.2, 0.25) is 5.91 Å². The van der Waals surface area contributed by atoms with E-state index in [0.29, 0.717) is 35.8 Å². The number of aromatic nitrogens is 2. The summed E-state index contributed by atoms with van der Waals surface area (Å²) in [5.41, 5.74) is 2.73. The summed E-state index contributed by atoms with van der Waals surface area (Å²) in [6, 6.07) is 24.2. The summed E-state index contributed by atoms with van der Waals surface area (Å²) in [5.74, 6) is 0.627. The van der Waals surface area contributed by atoms with Crippen LogP contribution in [0.25, 0.3) is 11.3 Å². The number of carbonyl (C=O) groups is 2. The van der Waals surface area contributed by atoms with Gasteiger partial charge in [-0.25, -0.2) is 4.39 Å². The summed E-state index contributed by atoms with van der Waals surface area (Å²) in [7, 11) is 1.63. The topological polar surface area (TPSA) is 78.9 Å². The highest BCUT2D eigenvalue weighted by Gasteiger charge is 2.26. The fraction of sp³-hybridized carbons (Fsp3) is 0.250. The molecule has 2 heterocycles. The third kappa shape index (κ3) is 7.03. The van der Waals surface area contributed by atoms with Gasteiger partial charge in [0, 0.05) is 38.3 Å². The van der Waals surface area contributed by atoms with Gasteiger partial charge in [0.1, 0.15) is 18.1 Å². The number of hydrogen-bond acceptors (Lipinski definition) is 6. The number of hydrogen-bond donors (Lipinski definition) is 0. The molecule has 10 heteroatoms. The minimum Gasteiger partial charge on any atom is -0.497 e. The van der Waals surface area contributed by atoms with Crippen LogP contribution in [0.15, 0.2) is 84.9 Å². The summed E-state index contributed by atoms with van der Waals surface area (Å²) in [6.07, 6.45) is 0.740. The zero-order valence-electron chi connectivity index (χ0n) is 23.2. The zero-order chi connectivity index (χ0) is 29.5. The van der Waals surface area contributed by atoms with Crippen molar-refractivity contribution in [1.29, 1.82) is 0 Å². The molecule has 0 unspecified atom stereocenters. The molecule has 0 spiro atoms. The van der Waals surface area contributed by atoms with E-state index in [0.717, 1.165) is 35.8 Å². The first kappa shape index (κ1) is 29.0. The maximum absolute atomic E-state index is 13.5. The first-order chi connectivity index (χ1) is 20.4. The number of halogens is 2. The summed E-state index contributed by atoms with van der Waals surface area (Å²) >= 11 is 6.31. The molecule has 0 atom stereocenters. The number of anilines is 1. The van der Waals surface area contributed by atoms with E-state index in [2.05, 4.69) is 15.1 Å². The fourth-order valence-electron chi connectivity index (χ4n) is 4.88. The number of ether oxygens (including phenoxy) is 1. The number of benzene rings is 3. The summed E-state index contributed by atoms with van der Waals surface area (Å²) in [4.78, 5) is 32.3. The lowest BCUT2D eigenvalue weighted by atomic mass is 10.1. The van der Waals surface area contributed by atoms with Gasteiger partial charge in [0.15, 0.2) is 5.82 Å². The van der Waals surface area contributed by atoms with Gasteiger partial charge < -0.3 is 19.4 Å². The molecule has 4 aromatic rings. The highest BCUT2D eigenvalue weighted by atomic mass is 35.5. The molecule has 8 nitrogen and oxygen atoms in total. The van der Waals surface area contributed by atoms with Crippen molar-refractivity contribution in [2.45, 2.75) is 13.0 Å².